The van der Waals surface area contributed by atoms with E-state index in [-0.39, 0.29) is 24.3 Å². The molecule has 26 heavy (non-hydrogen) atoms. The highest BCUT2D eigenvalue weighted by Crippen LogP contribution is 2.09. The number of nitrogens with one attached hydrogen (secondary N) is 2. The van der Waals surface area contributed by atoms with Crippen LogP contribution in [-0.4, -0.2) is 57.2 Å². The first-order chi connectivity index (χ1) is 12.3. The molecule has 1 rings (SSSR count). The molecule has 0 heterocycles. The third-order valence-corrected chi connectivity index (χ3v) is 5.76. The molecule has 0 unspecified atom stereocenters. The Hall–Kier alpha value is -1.74. The molecule has 0 saturated carbocycles. The maximum absolute atomic E-state index is 13.6. The highest BCUT2D eigenvalue weighted by Gasteiger charge is 2.17. The van der Waals surface area contributed by atoms with E-state index < -0.39 is 21.7 Å². The Labute approximate surface area is 154 Å². The summed E-state index contributed by atoms with van der Waals surface area (Å²) < 4.78 is 52.5. The highest BCUT2D eigenvalue weighted by molar-refractivity contribution is 7.89. The van der Waals surface area contributed by atoms with Crippen molar-refractivity contribution in [3.05, 3.63) is 35.4 Å². The van der Waals surface area contributed by atoms with Crippen molar-refractivity contribution in [2.24, 2.45) is 4.99 Å². The molecule has 2 N–H and O–H groups in total. The van der Waals surface area contributed by atoms with Gasteiger partial charge >= 0.3 is 0 Å². The fraction of sp³-hybridized carbons (Fsp3) is 0.588. The Morgan fingerprint density at radius 3 is 2.46 bits per heavy atom. The number of rotatable bonds is 10. The first kappa shape index (κ1) is 22.3. The predicted molar refractivity (Wildman–Crippen MR) is 101 cm³/mol. The summed E-state index contributed by atoms with van der Waals surface area (Å²) in [5, 5.41) is 6.00. The van der Waals surface area contributed by atoms with Crippen LogP contribution in [0.1, 0.15) is 26.3 Å². The van der Waals surface area contributed by atoms with E-state index in [1.807, 2.05) is 6.92 Å². The molecule has 0 bridgehead atoms. The minimum Gasteiger partial charge on any atom is -0.357 e. The van der Waals surface area contributed by atoms with Gasteiger partial charge in [0.2, 0.25) is 10.0 Å². The molecule has 0 atom stereocenters. The molecule has 0 aliphatic rings. The molecular weight excluding hydrogens is 362 g/mol. The van der Waals surface area contributed by atoms with Crippen molar-refractivity contribution in [3.8, 4) is 0 Å². The Kier molecular flexibility index (Phi) is 9.50. The quantitative estimate of drug-likeness (QED) is 0.471. The standard InChI is InChI=1S/C17H28F2N4O2S/c1-4-20-17(22-11-12-26(24,25)23(5-2)6-3)21-10-9-14-13-15(18)7-8-16(14)19/h7-8,13H,4-6,9-12H2,1-3H3,(H2,20,21,22). The van der Waals surface area contributed by atoms with Crippen LogP contribution >= 0.6 is 0 Å². The molecule has 9 heteroatoms. The number of hydrogen-bond acceptors (Lipinski definition) is 3. The highest BCUT2D eigenvalue weighted by atomic mass is 32.2. The van der Waals surface area contributed by atoms with Crippen molar-refractivity contribution < 1.29 is 17.2 Å². The zero-order chi connectivity index (χ0) is 19.6. The SMILES string of the molecule is CCNC(=NCCS(=O)(=O)N(CC)CC)NCCc1cc(F)ccc1F. The molecule has 148 valence electrons. The van der Waals surface area contributed by atoms with Crippen LogP contribution in [0.5, 0.6) is 0 Å². The molecule has 0 fully saturated rings. The fourth-order valence-corrected chi connectivity index (χ4v) is 3.78. The van der Waals surface area contributed by atoms with Crippen LogP contribution in [0.2, 0.25) is 0 Å². The van der Waals surface area contributed by atoms with Gasteiger partial charge in [-0.05, 0) is 37.1 Å². The van der Waals surface area contributed by atoms with Crippen molar-refractivity contribution in [1.29, 1.82) is 0 Å². The Bertz CT molecular complexity index is 692. The second kappa shape index (κ2) is 11.1. The first-order valence-corrected chi connectivity index (χ1v) is 10.4. The van der Waals surface area contributed by atoms with Gasteiger partial charge in [-0.2, -0.15) is 0 Å². The third kappa shape index (κ3) is 7.25. The predicted octanol–water partition coefficient (Wildman–Crippen LogP) is 1.73. The van der Waals surface area contributed by atoms with E-state index in [4.69, 9.17) is 0 Å². The molecule has 1 aromatic carbocycles. The van der Waals surface area contributed by atoms with Gasteiger partial charge < -0.3 is 10.6 Å². The molecular formula is C17H28F2N4O2S. The molecule has 0 radical (unpaired) electrons. The van der Waals surface area contributed by atoms with Crippen molar-refractivity contribution in [1.82, 2.24) is 14.9 Å². The van der Waals surface area contributed by atoms with Crippen LogP contribution in [0.15, 0.2) is 23.2 Å². The lowest BCUT2D eigenvalue weighted by Crippen LogP contribution is -2.39. The van der Waals surface area contributed by atoms with Crippen LogP contribution in [-0.2, 0) is 16.4 Å². The third-order valence-electron chi connectivity index (χ3n) is 3.76. The monoisotopic (exact) mass is 390 g/mol. The number of guanidine groups is 1. The van der Waals surface area contributed by atoms with E-state index in [0.717, 1.165) is 18.2 Å². The Morgan fingerprint density at radius 2 is 1.85 bits per heavy atom. The molecule has 0 aliphatic carbocycles. The van der Waals surface area contributed by atoms with Crippen LogP contribution in [0.3, 0.4) is 0 Å². The van der Waals surface area contributed by atoms with Crippen LogP contribution < -0.4 is 10.6 Å². The van der Waals surface area contributed by atoms with Gasteiger partial charge in [0.05, 0.1) is 12.3 Å². The number of nitrogens with zero attached hydrogens (tertiary/aromatic N) is 2. The van der Waals surface area contributed by atoms with Gasteiger partial charge in [-0.25, -0.2) is 21.5 Å². The Morgan fingerprint density at radius 1 is 1.15 bits per heavy atom. The summed E-state index contributed by atoms with van der Waals surface area (Å²) in [6.07, 6.45) is 0.283. The topological polar surface area (TPSA) is 73.8 Å². The maximum atomic E-state index is 13.6. The smallest absolute Gasteiger partial charge is 0.215 e. The van der Waals surface area contributed by atoms with Gasteiger partial charge in [0.15, 0.2) is 5.96 Å². The van der Waals surface area contributed by atoms with Crippen LogP contribution in [0.4, 0.5) is 8.78 Å². The van der Waals surface area contributed by atoms with Gasteiger partial charge in [0, 0.05) is 26.2 Å². The average Bonchev–Trinajstić information content (AvgIpc) is 2.58. The van der Waals surface area contributed by atoms with Crippen molar-refractivity contribution in [2.75, 3.05) is 38.5 Å². The zero-order valence-electron chi connectivity index (χ0n) is 15.6. The van der Waals surface area contributed by atoms with Gasteiger partial charge in [-0.1, -0.05) is 13.8 Å². The van der Waals surface area contributed by atoms with E-state index in [0.29, 0.717) is 32.1 Å². The normalized spacial score (nSPS) is 12.5. The summed E-state index contributed by atoms with van der Waals surface area (Å²) in [7, 11) is -3.33. The van der Waals surface area contributed by atoms with E-state index in [2.05, 4.69) is 15.6 Å². The molecule has 1 aromatic rings. The van der Waals surface area contributed by atoms with Gasteiger partial charge in [-0.3, -0.25) is 4.99 Å². The first-order valence-electron chi connectivity index (χ1n) is 8.77. The Balaban J connectivity index is 2.59. The summed E-state index contributed by atoms with van der Waals surface area (Å²) in [5.41, 5.74) is 0.275. The number of hydrogen-bond donors (Lipinski definition) is 2. The summed E-state index contributed by atoms with van der Waals surface area (Å²) in [6, 6.07) is 3.34. The van der Waals surface area contributed by atoms with E-state index >= 15 is 0 Å². The lowest BCUT2D eigenvalue weighted by atomic mass is 10.1. The zero-order valence-corrected chi connectivity index (χ0v) is 16.4. The van der Waals surface area contributed by atoms with Crippen molar-refractivity contribution in [3.63, 3.8) is 0 Å². The lowest BCUT2D eigenvalue weighted by molar-refractivity contribution is 0.445. The number of benzene rings is 1. The minimum absolute atomic E-state index is 0.0796. The second-order valence-corrected chi connectivity index (χ2v) is 7.66. The van der Waals surface area contributed by atoms with E-state index in [1.54, 1.807) is 13.8 Å². The number of halogens is 2. The number of aliphatic imine (C=N–C) groups is 1. The van der Waals surface area contributed by atoms with Gasteiger partial charge in [0.1, 0.15) is 11.6 Å². The molecule has 0 aromatic heterocycles. The van der Waals surface area contributed by atoms with Crippen LogP contribution in [0.25, 0.3) is 0 Å². The lowest BCUT2D eigenvalue weighted by Gasteiger charge is -2.18. The van der Waals surface area contributed by atoms with E-state index in [1.165, 1.54) is 4.31 Å². The molecule has 0 saturated heterocycles. The van der Waals surface area contributed by atoms with E-state index in [9.17, 15) is 17.2 Å². The molecule has 0 spiro atoms. The second-order valence-electron chi connectivity index (χ2n) is 5.57. The molecule has 0 amide bonds. The summed E-state index contributed by atoms with van der Waals surface area (Å²) in [4.78, 5) is 4.24. The average molecular weight is 391 g/mol. The van der Waals surface area contributed by atoms with Gasteiger partial charge in [0.25, 0.3) is 0 Å². The molecule has 6 nitrogen and oxygen atoms in total. The van der Waals surface area contributed by atoms with Crippen molar-refractivity contribution >= 4 is 16.0 Å². The largest absolute Gasteiger partial charge is 0.357 e. The van der Waals surface area contributed by atoms with Gasteiger partial charge in [-0.15, -0.1) is 0 Å². The number of sulfonamides is 1. The summed E-state index contributed by atoms with van der Waals surface area (Å²) in [5.74, 6) is -0.577. The fourth-order valence-electron chi connectivity index (χ4n) is 2.41. The minimum atomic E-state index is -3.33. The summed E-state index contributed by atoms with van der Waals surface area (Å²) >= 11 is 0. The summed E-state index contributed by atoms with van der Waals surface area (Å²) in [6.45, 7) is 7.39. The van der Waals surface area contributed by atoms with Crippen molar-refractivity contribution in [2.45, 2.75) is 27.2 Å². The maximum Gasteiger partial charge on any atom is 0.215 e. The molecule has 0 aliphatic heterocycles. The van der Waals surface area contributed by atoms with Crippen LogP contribution in [0, 0.1) is 11.6 Å².